The number of aromatic nitrogens is 3. The van der Waals surface area contributed by atoms with Crippen LogP contribution in [0, 0.1) is 0 Å². The Morgan fingerprint density at radius 1 is 1.62 bits per heavy atom. The van der Waals surface area contributed by atoms with E-state index < -0.39 is 0 Å². The van der Waals surface area contributed by atoms with E-state index in [1.165, 1.54) is 11.3 Å². The number of aldehydes is 1. The van der Waals surface area contributed by atoms with Gasteiger partial charge in [0.2, 0.25) is 0 Å². The van der Waals surface area contributed by atoms with Crippen LogP contribution < -0.4 is 0 Å². The fourth-order valence-electron chi connectivity index (χ4n) is 1.05. The van der Waals surface area contributed by atoms with E-state index in [4.69, 9.17) is 0 Å². The van der Waals surface area contributed by atoms with Crippen molar-refractivity contribution in [2.24, 2.45) is 7.05 Å². The summed E-state index contributed by atoms with van der Waals surface area (Å²) in [5, 5.41) is 6.87. The van der Waals surface area contributed by atoms with Gasteiger partial charge in [0.25, 0.3) is 0 Å². The Hall–Kier alpha value is -1.49. The summed E-state index contributed by atoms with van der Waals surface area (Å²) < 4.78 is 1.55. The molecule has 0 aliphatic heterocycles. The van der Waals surface area contributed by atoms with Crippen LogP contribution >= 0.6 is 11.3 Å². The average molecular weight is 193 g/mol. The molecule has 0 N–H and O–H groups in total. The van der Waals surface area contributed by atoms with E-state index in [0.717, 1.165) is 17.0 Å². The molecule has 2 aromatic heterocycles. The zero-order valence-corrected chi connectivity index (χ0v) is 7.78. The van der Waals surface area contributed by atoms with Crippen molar-refractivity contribution in [1.29, 1.82) is 0 Å². The molecule has 5 heteroatoms. The summed E-state index contributed by atoms with van der Waals surface area (Å²) in [6.45, 7) is 0. The third kappa shape index (κ3) is 1.38. The molecule has 0 saturated heterocycles. The second-order valence-electron chi connectivity index (χ2n) is 2.53. The smallest absolute Gasteiger partial charge is 0.168 e. The Balaban J connectivity index is 2.48. The highest BCUT2D eigenvalue weighted by molar-refractivity contribution is 7.13. The maximum Gasteiger partial charge on any atom is 0.168 e. The van der Waals surface area contributed by atoms with Crippen molar-refractivity contribution in [3.63, 3.8) is 0 Å². The molecule has 0 aromatic carbocycles. The molecule has 0 saturated carbocycles. The van der Waals surface area contributed by atoms with Crippen LogP contribution in [0.3, 0.4) is 0 Å². The first-order valence-electron chi connectivity index (χ1n) is 3.70. The van der Waals surface area contributed by atoms with Crippen molar-refractivity contribution >= 4 is 17.6 Å². The molecule has 0 amide bonds. The molecule has 0 aliphatic carbocycles. The molecule has 4 nitrogen and oxygen atoms in total. The van der Waals surface area contributed by atoms with Crippen molar-refractivity contribution in [2.45, 2.75) is 0 Å². The van der Waals surface area contributed by atoms with E-state index in [1.807, 2.05) is 5.38 Å². The highest BCUT2D eigenvalue weighted by atomic mass is 32.1. The lowest BCUT2D eigenvalue weighted by molar-refractivity contribution is 0.111. The van der Waals surface area contributed by atoms with Crippen molar-refractivity contribution in [1.82, 2.24) is 14.8 Å². The molecule has 0 unspecified atom stereocenters. The van der Waals surface area contributed by atoms with Gasteiger partial charge in [0.15, 0.2) is 6.29 Å². The van der Waals surface area contributed by atoms with Crippen molar-refractivity contribution in [2.75, 3.05) is 0 Å². The van der Waals surface area contributed by atoms with Crippen LogP contribution in [-0.4, -0.2) is 21.1 Å². The van der Waals surface area contributed by atoms with Crippen molar-refractivity contribution in [3.05, 3.63) is 23.3 Å². The van der Waals surface area contributed by atoms with Gasteiger partial charge >= 0.3 is 0 Å². The predicted molar refractivity (Wildman–Crippen MR) is 49.7 cm³/mol. The third-order valence-corrected chi connectivity index (χ3v) is 2.48. The van der Waals surface area contributed by atoms with Gasteiger partial charge in [-0.15, -0.1) is 11.3 Å². The largest absolute Gasteiger partial charge is 0.296 e. The maximum absolute atomic E-state index is 10.5. The molecule has 0 spiro atoms. The Morgan fingerprint density at radius 2 is 2.46 bits per heavy atom. The summed E-state index contributed by atoms with van der Waals surface area (Å²) in [6, 6.07) is 1.73. The second-order valence-corrected chi connectivity index (χ2v) is 3.43. The van der Waals surface area contributed by atoms with Crippen LogP contribution in [0.2, 0.25) is 0 Å². The lowest BCUT2D eigenvalue weighted by Crippen LogP contribution is -1.95. The van der Waals surface area contributed by atoms with Crippen LogP contribution in [0.15, 0.2) is 17.6 Å². The molecule has 0 aliphatic rings. The fourth-order valence-corrected chi connectivity index (χ4v) is 1.64. The number of carbonyl (C=O) groups is 1. The zero-order valence-electron chi connectivity index (χ0n) is 6.97. The Labute approximate surface area is 78.8 Å². The minimum Gasteiger partial charge on any atom is -0.296 e. The summed E-state index contributed by atoms with van der Waals surface area (Å²) in [5.74, 6) is 0. The second kappa shape index (κ2) is 3.10. The van der Waals surface area contributed by atoms with E-state index in [1.54, 1.807) is 24.0 Å². The third-order valence-electron chi connectivity index (χ3n) is 1.69. The average Bonchev–Trinajstić information content (AvgIpc) is 2.71. The molecule has 0 bridgehead atoms. The van der Waals surface area contributed by atoms with Crippen molar-refractivity contribution in [3.8, 4) is 10.7 Å². The number of nitrogens with zero attached hydrogens (tertiary/aromatic N) is 3. The zero-order chi connectivity index (χ0) is 9.26. The molecule has 0 atom stereocenters. The Morgan fingerprint density at radius 3 is 3.00 bits per heavy atom. The summed E-state index contributed by atoms with van der Waals surface area (Å²) >= 11 is 1.51. The summed E-state index contributed by atoms with van der Waals surface area (Å²) in [4.78, 5) is 14.6. The normalized spacial score (nSPS) is 10.2. The lowest BCUT2D eigenvalue weighted by Gasteiger charge is -1.88. The van der Waals surface area contributed by atoms with Crippen LogP contribution in [0.1, 0.15) is 10.5 Å². The van der Waals surface area contributed by atoms with Crippen molar-refractivity contribution < 1.29 is 4.79 Å². The topological polar surface area (TPSA) is 47.8 Å². The number of hydrogen-bond donors (Lipinski definition) is 0. The van der Waals surface area contributed by atoms with Gasteiger partial charge in [-0.1, -0.05) is 0 Å². The van der Waals surface area contributed by atoms with Gasteiger partial charge in [0.1, 0.15) is 16.4 Å². The van der Waals surface area contributed by atoms with E-state index in [9.17, 15) is 4.79 Å². The highest BCUT2D eigenvalue weighted by Crippen LogP contribution is 2.19. The molecule has 0 fully saturated rings. The van der Waals surface area contributed by atoms with E-state index in [-0.39, 0.29) is 0 Å². The fraction of sp³-hybridized carbons (Fsp3) is 0.125. The molecular weight excluding hydrogens is 186 g/mol. The number of thiazole rings is 1. The molecule has 0 radical (unpaired) electrons. The number of rotatable bonds is 2. The standard InChI is InChI=1S/C8H7N3OS/c1-11-6(5-12)4-7(10-11)8-9-2-3-13-8/h2-5H,1H3. The van der Waals surface area contributed by atoms with E-state index in [0.29, 0.717) is 5.69 Å². The Bertz CT molecular complexity index is 419. The van der Waals surface area contributed by atoms with Gasteiger partial charge in [0, 0.05) is 18.6 Å². The minimum atomic E-state index is 0.560. The molecule has 2 aromatic rings. The number of aryl methyl sites for hydroxylation is 1. The summed E-state index contributed by atoms with van der Waals surface area (Å²) in [5.41, 5.74) is 1.31. The van der Waals surface area contributed by atoms with E-state index in [2.05, 4.69) is 10.1 Å². The van der Waals surface area contributed by atoms with Gasteiger partial charge in [-0.3, -0.25) is 9.48 Å². The lowest BCUT2D eigenvalue weighted by atomic mass is 10.4. The van der Waals surface area contributed by atoms with Gasteiger partial charge < -0.3 is 0 Å². The van der Waals surface area contributed by atoms with Gasteiger partial charge in [0.05, 0.1) is 0 Å². The first kappa shape index (κ1) is 8.12. The predicted octanol–water partition coefficient (Wildman–Crippen LogP) is 1.36. The SMILES string of the molecule is Cn1nc(-c2nccs2)cc1C=O. The first-order valence-corrected chi connectivity index (χ1v) is 4.58. The van der Waals surface area contributed by atoms with Crippen LogP contribution in [-0.2, 0) is 7.05 Å². The maximum atomic E-state index is 10.5. The minimum absolute atomic E-state index is 0.560. The van der Waals surface area contributed by atoms with Gasteiger partial charge in [-0.2, -0.15) is 5.10 Å². The van der Waals surface area contributed by atoms with Crippen LogP contribution in [0.4, 0.5) is 0 Å². The molecule has 66 valence electrons. The molecule has 13 heavy (non-hydrogen) atoms. The van der Waals surface area contributed by atoms with Crippen LogP contribution in [0.25, 0.3) is 10.7 Å². The molecular formula is C8H7N3OS. The summed E-state index contributed by atoms with van der Waals surface area (Å²) in [6.07, 6.45) is 2.50. The first-order chi connectivity index (χ1) is 6.31. The van der Waals surface area contributed by atoms with Gasteiger partial charge in [-0.25, -0.2) is 4.98 Å². The summed E-state index contributed by atoms with van der Waals surface area (Å²) in [7, 11) is 1.74. The van der Waals surface area contributed by atoms with Crippen LogP contribution in [0.5, 0.6) is 0 Å². The van der Waals surface area contributed by atoms with Gasteiger partial charge in [-0.05, 0) is 6.07 Å². The monoisotopic (exact) mass is 193 g/mol. The quantitative estimate of drug-likeness (QED) is 0.676. The molecule has 2 heterocycles. The highest BCUT2D eigenvalue weighted by Gasteiger charge is 2.07. The molecule has 2 rings (SSSR count). The number of hydrogen-bond acceptors (Lipinski definition) is 4. The Kier molecular flexibility index (Phi) is 1.94. The van der Waals surface area contributed by atoms with E-state index >= 15 is 0 Å². The number of carbonyl (C=O) groups excluding carboxylic acids is 1.